The highest BCUT2D eigenvalue weighted by atomic mass is 35.5. The van der Waals surface area contributed by atoms with E-state index in [0.29, 0.717) is 5.02 Å². The maximum absolute atomic E-state index is 12.6. The van der Waals surface area contributed by atoms with E-state index in [2.05, 4.69) is 0 Å². The summed E-state index contributed by atoms with van der Waals surface area (Å²) in [6.45, 7) is 2.03. The van der Waals surface area contributed by atoms with Gasteiger partial charge in [-0.15, -0.1) is 12.4 Å². The fourth-order valence-corrected chi connectivity index (χ4v) is 3.12. The molecule has 0 aromatic heterocycles. The second-order valence-corrected chi connectivity index (χ2v) is 6.24. The summed E-state index contributed by atoms with van der Waals surface area (Å²) in [5.41, 5.74) is 7.05. The summed E-state index contributed by atoms with van der Waals surface area (Å²) in [5, 5.41) is 0.704. The van der Waals surface area contributed by atoms with Crippen molar-refractivity contribution < 1.29 is 4.79 Å². The lowest BCUT2D eigenvalue weighted by Gasteiger charge is -2.32. The Bertz CT molecular complexity index is 481. The highest BCUT2D eigenvalue weighted by molar-refractivity contribution is 6.30. The standard InChI is InChI=1S/C16H23ClN2O.ClH/c1-11(12-5-3-7-14(17)9-12)19(2)16(20)13-6-4-8-15(18)10-13;/h3,5,7,9,11,13,15H,4,6,8,10,18H2,1-2H3;1H. The molecular formula is C16H24Cl2N2O. The number of halogens is 2. The highest BCUT2D eigenvalue weighted by Gasteiger charge is 2.29. The number of amides is 1. The number of nitrogens with zero attached hydrogens (tertiary/aromatic N) is 1. The minimum Gasteiger partial charge on any atom is -0.339 e. The minimum absolute atomic E-state index is 0. The maximum Gasteiger partial charge on any atom is 0.225 e. The monoisotopic (exact) mass is 330 g/mol. The maximum atomic E-state index is 12.6. The van der Waals surface area contributed by atoms with Gasteiger partial charge in [0.1, 0.15) is 0 Å². The normalized spacial score (nSPS) is 23.0. The first-order chi connectivity index (χ1) is 9.49. The van der Waals surface area contributed by atoms with Crippen LogP contribution in [0.15, 0.2) is 24.3 Å². The molecule has 1 fully saturated rings. The highest BCUT2D eigenvalue weighted by Crippen LogP contribution is 2.28. The minimum atomic E-state index is 0. The number of carbonyl (C=O) groups excluding carboxylic acids is 1. The summed E-state index contributed by atoms with van der Waals surface area (Å²) < 4.78 is 0. The molecule has 2 rings (SSSR count). The summed E-state index contributed by atoms with van der Waals surface area (Å²) in [7, 11) is 1.87. The predicted octanol–water partition coefficient (Wildman–Crippen LogP) is 3.80. The van der Waals surface area contributed by atoms with E-state index in [1.54, 1.807) is 0 Å². The first-order valence-electron chi connectivity index (χ1n) is 7.26. The molecular weight excluding hydrogens is 307 g/mol. The van der Waals surface area contributed by atoms with Crippen LogP contribution in [-0.2, 0) is 4.79 Å². The van der Waals surface area contributed by atoms with E-state index in [4.69, 9.17) is 17.3 Å². The SMILES string of the molecule is CC(c1cccc(Cl)c1)N(C)C(=O)C1CCCC(N)C1.Cl. The molecule has 0 aliphatic heterocycles. The van der Waals surface area contributed by atoms with Crippen molar-refractivity contribution >= 4 is 29.9 Å². The first kappa shape index (κ1) is 18.3. The molecule has 1 aliphatic rings. The first-order valence-corrected chi connectivity index (χ1v) is 7.64. The number of benzene rings is 1. The van der Waals surface area contributed by atoms with Gasteiger partial charge in [-0.1, -0.05) is 30.2 Å². The van der Waals surface area contributed by atoms with Gasteiger partial charge in [0, 0.05) is 24.0 Å². The summed E-state index contributed by atoms with van der Waals surface area (Å²) in [6.07, 6.45) is 3.86. The van der Waals surface area contributed by atoms with Crippen molar-refractivity contribution in [2.24, 2.45) is 11.7 Å². The summed E-state index contributed by atoms with van der Waals surface area (Å²) in [4.78, 5) is 14.4. The Hall–Kier alpha value is -0.770. The molecule has 1 aliphatic carbocycles. The van der Waals surface area contributed by atoms with Crippen molar-refractivity contribution in [2.75, 3.05) is 7.05 Å². The second kappa shape index (κ2) is 8.02. The zero-order valence-electron chi connectivity index (χ0n) is 12.6. The molecule has 3 atom stereocenters. The molecule has 0 heterocycles. The van der Waals surface area contributed by atoms with E-state index in [0.717, 1.165) is 31.2 Å². The number of hydrogen-bond acceptors (Lipinski definition) is 2. The average Bonchev–Trinajstić information content (AvgIpc) is 2.45. The number of rotatable bonds is 3. The molecule has 0 bridgehead atoms. The van der Waals surface area contributed by atoms with E-state index >= 15 is 0 Å². The Morgan fingerprint density at radius 2 is 2.14 bits per heavy atom. The van der Waals surface area contributed by atoms with Gasteiger partial charge in [0.25, 0.3) is 0 Å². The molecule has 21 heavy (non-hydrogen) atoms. The quantitative estimate of drug-likeness (QED) is 0.916. The van der Waals surface area contributed by atoms with Crippen LogP contribution in [0.2, 0.25) is 5.02 Å². The molecule has 0 radical (unpaired) electrons. The van der Waals surface area contributed by atoms with Crippen LogP contribution in [0.3, 0.4) is 0 Å². The fourth-order valence-electron chi connectivity index (χ4n) is 2.92. The van der Waals surface area contributed by atoms with Crippen LogP contribution in [0.5, 0.6) is 0 Å². The molecule has 5 heteroatoms. The molecule has 2 N–H and O–H groups in total. The van der Waals surface area contributed by atoms with Gasteiger partial charge in [-0.2, -0.15) is 0 Å². The number of carbonyl (C=O) groups is 1. The topological polar surface area (TPSA) is 46.3 Å². The third kappa shape index (κ3) is 4.60. The van der Waals surface area contributed by atoms with Gasteiger partial charge in [-0.05, 0) is 43.9 Å². The van der Waals surface area contributed by atoms with Crippen molar-refractivity contribution in [3.8, 4) is 0 Å². The van der Waals surface area contributed by atoms with Crippen molar-refractivity contribution in [1.82, 2.24) is 4.90 Å². The predicted molar refractivity (Wildman–Crippen MR) is 89.8 cm³/mol. The summed E-state index contributed by atoms with van der Waals surface area (Å²) in [5.74, 6) is 0.276. The molecule has 118 valence electrons. The Labute approximate surface area is 138 Å². The number of hydrogen-bond donors (Lipinski definition) is 1. The summed E-state index contributed by atoms with van der Waals surface area (Å²) in [6, 6.07) is 7.89. The van der Waals surface area contributed by atoms with Crippen molar-refractivity contribution in [3.63, 3.8) is 0 Å². The Morgan fingerprint density at radius 1 is 1.43 bits per heavy atom. The van der Waals surface area contributed by atoms with Crippen LogP contribution in [0.25, 0.3) is 0 Å². The van der Waals surface area contributed by atoms with E-state index in [-0.39, 0.29) is 36.3 Å². The van der Waals surface area contributed by atoms with Crippen molar-refractivity contribution in [3.05, 3.63) is 34.9 Å². The van der Waals surface area contributed by atoms with E-state index in [1.165, 1.54) is 0 Å². The number of nitrogens with two attached hydrogens (primary N) is 1. The zero-order chi connectivity index (χ0) is 14.7. The fraction of sp³-hybridized carbons (Fsp3) is 0.562. The van der Waals surface area contributed by atoms with Gasteiger partial charge in [0.05, 0.1) is 6.04 Å². The van der Waals surface area contributed by atoms with Gasteiger partial charge < -0.3 is 10.6 Å². The molecule has 3 nitrogen and oxygen atoms in total. The van der Waals surface area contributed by atoms with Gasteiger partial charge in [0.15, 0.2) is 0 Å². The second-order valence-electron chi connectivity index (χ2n) is 5.80. The average molecular weight is 331 g/mol. The molecule has 1 amide bonds. The Kier molecular flexibility index (Phi) is 6.98. The van der Waals surface area contributed by atoms with Gasteiger partial charge in [0.2, 0.25) is 5.91 Å². The van der Waals surface area contributed by atoms with E-state index in [1.807, 2.05) is 43.1 Å². The third-order valence-electron chi connectivity index (χ3n) is 4.32. The van der Waals surface area contributed by atoms with E-state index in [9.17, 15) is 4.79 Å². The van der Waals surface area contributed by atoms with Crippen LogP contribution >= 0.6 is 24.0 Å². The largest absolute Gasteiger partial charge is 0.339 e. The molecule has 1 saturated carbocycles. The van der Waals surface area contributed by atoms with Gasteiger partial charge in [-0.3, -0.25) is 4.79 Å². The third-order valence-corrected chi connectivity index (χ3v) is 4.56. The van der Waals surface area contributed by atoms with Gasteiger partial charge in [-0.25, -0.2) is 0 Å². The smallest absolute Gasteiger partial charge is 0.225 e. The summed E-state index contributed by atoms with van der Waals surface area (Å²) >= 11 is 6.02. The van der Waals surface area contributed by atoms with Crippen molar-refractivity contribution in [1.29, 1.82) is 0 Å². The van der Waals surface area contributed by atoms with Crippen LogP contribution in [0.4, 0.5) is 0 Å². The van der Waals surface area contributed by atoms with E-state index < -0.39 is 0 Å². The molecule has 1 aromatic carbocycles. The zero-order valence-corrected chi connectivity index (χ0v) is 14.2. The molecule has 0 saturated heterocycles. The molecule has 3 unspecified atom stereocenters. The lowest BCUT2D eigenvalue weighted by Crippen LogP contribution is -2.39. The lowest BCUT2D eigenvalue weighted by molar-refractivity contribution is -0.137. The van der Waals surface area contributed by atoms with Gasteiger partial charge >= 0.3 is 0 Å². The van der Waals surface area contributed by atoms with Crippen LogP contribution in [0.1, 0.15) is 44.2 Å². The van der Waals surface area contributed by atoms with Crippen LogP contribution < -0.4 is 5.73 Å². The van der Waals surface area contributed by atoms with Crippen LogP contribution in [-0.4, -0.2) is 23.9 Å². The van der Waals surface area contributed by atoms with Crippen LogP contribution in [0, 0.1) is 5.92 Å². The van der Waals surface area contributed by atoms with Crippen molar-refractivity contribution in [2.45, 2.75) is 44.7 Å². The molecule has 1 aromatic rings. The Balaban J connectivity index is 0.00000220. The molecule has 0 spiro atoms. The Morgan fingerprint density at radius 3 is 2.76 bits per heavy atom. The lowest BCUT2D eigenvalue weighted by atomic mass is 9.85.